The van der Waals surface area contributed by atoms with E-state index in [-0.39, 0.29) is 17.1 Å². The molecule has 3 rings (SSSR count). The molecule has 0 saturated carbocycles. The Morgan fingerprint density at radius 1 is 1.10 bits per heavy atom. The lowest BCUT2D eigenvalue weighted by Crippen LogP contribution is -2.19. The molecule has 0 heterocycles. The monoisotopic (exact) mass is 432 g/mol. The van der Waals surface area contributed by atoms with Gasteiger partial charge in [-0.2, -0.15) is 0 Å². The Bertz CT molecular complexity index is 998. The Kier molecular flexibility index (Phi) is 6.94. The molecule has 29 heavy (non-hydrogen) atoms. The molecule has 1 aliphatic rings. The highest BCUT2D eigenvalue weighted by molar-refractivity contribution is 6.35. The third kappa shape index (κ3) is 5.59. The van der Waals surface area contributed by atoms with Crippen LogP contribution in [0.3, 0.4) is 0 Å². The molecule has 1 atom stereocenters. The van der Waals surface area contributed by atoms with Gasteiger partial charge in [0.05, 0.1) is 0 Å². The fourth-order valence-electron chi connectivity index (χ4n) is 3.34. The van der Waals surface area contributed by atoms with Crippen molar-refractivity contribution >= 4 is 42.5 Å². The van der Waals surface area contributed by atoms with Gasteiger partial charge in [0.15, 0.2) is 5.78 Å². The maximum atomic E-state index is 13.0. The molecule has 2 nitrogen and oxygen atoms in total. The van der Waals surface area contributed by atoms with Crippen LogP contribution in [0.1, 0.15) is 30.4 Å². The van der Waals surface area contributed by atoms with Gasteiger partial charge in [-0.1, -0.05) is 59.6 Å². The van der Waals surface area contributed by atoms with Crippen molar-refractivity contribution in [2.75, 3.05) is 0 Å². The number of carbonyl (C=O) groups is 1. The maximum absolute atomic E-state index is 13.0. The van der Waals surface area contributed by atoms with E-state index < -0.39 is 13.4 Å². The van der Waals surface area contributed by atoms with Crippen LogP contribution in [0.4, 0.5) is 8.63 Å². The summed E-state index contributed by atoms with van der Waals surface area (Å²) in [5.74, 6) is -0.832. The van der Waals surface area contributed by atoms with E-state index in [1.54, 1.807) is 36.4 Å². The molecule has 0 N–H and O–H groups in total. The quantitative estimate of drug-likeness (QED) is 0.463. The minimum atomic E-state index is -3.03. The molecule has 0 fully saturated rings. The van der Waals surface area contributed by atoms with Gasteiger partial charge in [-0.05, 0) is 60.4 Å². The molecule has 0 saturated heterocycles. The molecule has 0 spiro atoms. The molecule has 0 bridgehead atoms. The summed E-state index contributed by atoms with van der Waals surface area (Å²) in [5.41, 5.74) is 2.66. The summed E-state index contributed by atoms with van der Waals surface area (Å²) in [7, 11) is -3.03. The van der Waals surface area contributed by atoms with Crippen LogP contribution < -0.4 is 0 Å². The standard InChI is InChI=1S/C22H17BCl2F2O2/c1-14(28)22-20(17-7-9-18(24)10-8-17)12-16(13-21(22)29-23(26)27)6-5-15-3-2-4-19(25)11-15/h2-11,13,20H,12H2,1H3. The van der Waals surface area contributed by atoms with Crippen LogP contribution in [0.15, 0.2) is 77.6 Å². The molecule has 2 aromatic rings. The minimum absolute atomic E-state index is 0.107. The second kappa shape index (κ2) is 9.42. The summed E-state index contributed by atoms with van der Waals surface area (Å²) in [5, 5.41) is 1.16. The van der Waals surface area contributed by atoms with Crippen molar-refractivity contribution in [2.24, 2.45) is 0 Å². The van der Waals surface area contributed by atoms with Crippen LogP contribution in [-0.4, -0.2) is 13.3 Å². The van der Waals surface area contributed by atoms with Gasteiger partial charge in [0, 0.05) is 21.5 Å². The zero-order valence-electron chi connectivity index (χ0n) is 15.5. The van der Waals surface area contributed by atoms with Gasteiger partial charge in [0.1, 0.15) is 5.76 Å². The van der Waals surface area contributed by atoms with E-state index in [0.29, 0.717) is 16.5 Å². The van der Waals surface area contributed by atoms with Gasteiger partial charge in [0.2, 0.25) is 0 Å². The predicted octanol–water partition coefficient (Wildman–Crippen LogP) is 6.90. The number of allylic oxidation sites excluding steroid dienone is 4. The van der Waals surface area contributed by atoms with Crippen molar-refractivity contribution in [1.29, 1.82) is 0 Å². The number of halogens is 4. The Hall–Kier alpha value is -2.37. The van der Waals surface area contributed by atoms with Crippen molar-refractivity contribution in [3.8, 4) is 0 Å². The summed E-state index contributed by atoms with van der Waals surface area (Å²) in [6, 6.07) is 14.3. The molecular weight excluding hydrogens is 416 g/mol. The smallest absolute Gasteiger partial charge is 0.505 e. The Morgan fingerprint density at radius 3 is 2.45 bits per heavy atom. The largest absolute Gasteiger partial charge is 0.796 e. The second-order valence-corrected chi connectivity index (χ2v) is 7.50. The Labute approximate surface area is 178 Å². The maximum Gasteiger partial charge on any atom is 0.796 e. The fourth-order valence-corrected chi connectivity index (χ4v) is 3.66. The van der Waals surface area contributed by atoms with Crippen LogP contribution in [0, 0.1) is 0 Å². The number of benzene rings is 2. The molecule has 7 heteroatoms. The summed E-state index contributed by atoms with van der Waals surface area (Å²) in [6.45, 7) is 1.35. The van der Waals surface area contributed by atoms with Crippen molar-refractivity contribution in [1.82, 2.24) is 0 Å². The number of carbonyl (C=O) groups excluding carboxylic acids is 1. The highest BCUT2D eigenvalue weighted by atomic mass is 35.5. The number of hydrogen-bond acceptors (Lipinski definition) is 2. The lowest BCUT2D eigenvalue weighted by atomic mass is 9.79. The molecule has 0 amide bonds. The molecule has 0 radical (unpaired) electrons. The van der Waals surface area contributed by atoms with Crippen LogP contribution in [0.25, 0.3) is 6.08 Å². The van der Waals surface area contributed by atoms with Crippen LogP contribution >= 0.6 is 23.2 Å². The van der Waals surface area contributed by atoms with Gasteiger partial charge in [0.25, 0.3) is 0 Å². The van der Waals surface area contributed by atoms with Gasteiger partial charge in [-0.15, -0.1) is 0 Å². The Balaban J connectivity index is 2.03. The summed E-state index contributed by atoms with van der Waals surface area (Å²) in [4.78, 5) is 12.3. The van der Waals surface area contributed by atoms with Crippen LogP contribution in [0.2, 0.25) is 10.0 Å². The summed E-state index contributed by atoms with van der Waals surface area (Å²) in [6.07, 6.45) is 5.62. The van der Waals surface area contributed by atoms with Gasteiger partial charge >= 0.3 is 7.47 Å². The zero-order chi connectivity index (χ0) is 21.0. The number of ketones is 1. The van der Waals surface area contributed by atoms with Crippen LogP contribution in [-0.2, 0) is 9.45 Å². The molecule has 2 aromatic carbocycles. The lowest BCUT2D eigenvalue weighted by Gasteiger charge is -2.26. The molecule has 0 aromatic heterocycles. The van der Waals surface area contributed by atoms with E-state index in [4.69, 9.17) is 27.9 Å². The Morgan fingerprint density at radius 2 is 1.83 bits per heavy atom. The van der Waals surface area contributed by atoms with E-state index in [2.05, 4.69) is 0 Å². The van der Waals surface area contributed by atoms with Crippen molar-refractivity contribution in [3.63, 3.8) is 0 Å². The third-order valence-corrected chi connectivity index (χ3v) is 5.06. The van der Waals surface area contributed by atoms with Crippen molar-refractivity contribution in [2.45, 2.75) is 19.3 Å². The van der Waals surface area contributed by atoms with Gasteiger partial charge in [-0.3, -0.25) is 4.79 Å². The van der Waals surface area contributed by atoms with E-state index in [1.807, 2.05) is 24.3 Å². The summed E-state index contributed by atoms with van der Waals surface area (Å²) >= 11 is 12.0. The zero-order valence-corrected chi connectivity index (χ0v) is 17.1. The molecule has 1 aliphatic carbocycles. The first kappa shape index (κ1) is 21.3. The lowest BCUT2D eigenvalue weighted by molar-refractivity contribution is -0.114. The van der Waals surface area contributed by atoms with Crippen molar-refractivity contribution in [3.05, 3.63) is 98.8 Å². The average molecular weight is 433 g/mol. The average Bonchev–Trinajstić information content (AvgIpc) is 2.66. The first-order valence-electron chi connectivity index (χ1n) is 8.93. The molecule has 148 valence electrons. The predicted molar refractivity (Wildman–Crippen MR) is 114 cm³/mol. The normalized spacial score (nSPS) is 16.7. The number of hydrogen-bond donors (Lipinski definition) is 0. The van der Waals surface area contributed by atoms with E-state index in [1.165, 1.54) is 13.0 Å². The third-order valence-electron chi connectivity index (χ3n) is 4.58. The van der Waals surface area contributed by atoms with Gasteiger partial charge < -0.3 is 4.65 Å². The number of Topliss-reactive ketones (excluding diaryl/α,β-unsaturated/α-hetero) is 1. The SMILES string of the molecule is CC(=O)C1=C(OB(F)F)C=C(C=Cc2cccc(Cl)c2)CC1c1ccc(Cl)cc1. The van der Waals surface area contributed by atoms with E-state index in [9.17, 15) is 13.4 Å². The van der Waals surface area contributed by atoms with Crippen molar-refractivity contribution < 1.29 is 18.1 Å². The first-order chi connectivity index (χ1) is 13.8. The fraction of sp³-hybridized carbons (Fsp3) is 0.136. The molecule has 0 aliphatic heterocycles. The topological polar surface area (TPSA) is 26.3 Å². The number of rotatable bonds is 6. The first-order valence-corrected chi connectivity index (χ1v) is 9.68. The van der Waals surface area contributed by atoms with E-state index in [0.717, 1.165) is 16.7 Å². The second-order valence-electron chi connectivity index (χ2n) is 6.63. The van der Waals surface area contributed by atoms with Gasteiger partial charge in [-0.25, -0.2) is 8.63 Å². The minimum Gasteiger partial charge on any atom is -0.505 e. The van der Waals surface area contributed by atoms with Crippen LogP contribution in [0.5, 0.6) is 0 Å². The van der Waals surface area contributed by atoms with E-state index >= 15 is 0 Å². The summed E-state index contributed by atoms with van der Waals surface area (Å²) < 4.78 is 30.7. The molecular formula is C22H17BCl2F2O2. The highest BCUT2D eigenvalue weighted by Gasteiger charge is 2.31. The molecule has 1 unspecified atom stereocenters. The highest BCUT2D eigenvalue weighted by Crippen LogP contribution is 2.39.